The van der Waals surface area contributed by atoms with Gasteiger partial charge in [-0.1, -0.05) is 13.8 Å². The number of nitrogens with one attached hydrogen (secondary N) is 1. The molecule has 0 saturated heterocycles. The van der Waals surface area contributed by atoms with Gasteiger partial charge in [-0.05, 0) is 25.5 Å². The van der Waals surface area contributed by atoms with Crippen LogP contribution in [0.5, 0.6) is 0 Å². The van der Waals surface area contributed by atoms with Gasteiger partial charge in [0.25, 0.3) is 0 Å². The van der Waals surface area contributed by atoms with Gasteiger partial charge in [-0.25, -0.2) is 4.98 Å². The number of aromatic nitrogens is 1. The molecule has 1 fully saturated rings. The lowest BCUT2D eigenvalue weighted by Crippen LogP contribution is -2.57. The summed E-state index contributed by atoms with van der Waals surface area (Å²) in [7, 11) is 0. The number of aliphatic hydroxyl groups is 1. The Morgan fingerprint density at radius 2 is 2.24 bits per heavy atom. The maximum atomic E-state index is 9.68. The molecule has 1 aliphatic rings. The molecule has 2 N–H and O–H groups in total. The van der Waals surface area contributed by atoms with Crippen LogP contribution in [0.3, 0.4) is 0 Å². The van der Waals surface area contributed by atoms with Crippen LogP contribution < -0.4 is 5.32 Å². The number of anilines is 1. The summed E-state index contributed by atoms with van der Waals surface area (Å²) in [6.45, 7) is 5.93. The van der Waals surface area contributed by atoms with E-state index in [2.05, 4.69) is 16.4 Å². The van der Waals surface area contributed by atoms with Crippen molar-refractivity contribution < 1.29 is 5.11 Å². The lowest BCUT2D eigenvalue weighted by atomic mass is 9.64. The summed E-state index contributed by atoms with van der Waals surface area (Å²) < 4.78 is 0. The smallest absolute Gasteiger partial charge is 0.144 e. The minimum Gasteiger partial charge on any atom is -0.392 e. The number of pyridine rings is 1. The molecule has 0 bridgehead atoms. The zero-order chi connectivity index (χ0) is 12.6. The molecule has 2 atom stereocenters. The van der Waals surface area contributed by atoms with E-state index < -0.39 is 0 Å². The number of rotatable bonds is 2. The fraction of sp³-hybridized carbons (Fsp3) is 0.538. The largest absolute Gasteiger partial charge is 0.392 e. The first-order chi connectivity index (χ1) is 7.95. The van der Waals surface area contributed by atoms with Crippen LogP contribution in [0.4, 0.5) is 5.82 Å². The zero-order valence-corrected chi connectivity index (χ0v) is 10.4. The van der Waals surface area contributed by atoms with E-state index >= 15 is 0 Å². The molecule has 1 saturated carbocycles. The van der Waals surface area contributed by atoms with Crippen molar-refractivity contribution in [3.63, 3.8) is 0 Å². The number of aryl methyl sites for hydroxylation is 1. The van der Waals surface area contributed by atoms with Crippen molar-refractivity contribution in [2.75, 3.05) is 5.32 Å². The van der Waals surface area contributed by atoms with E-state index in [9.17, 15) is 5.11 Å². The zero-order valence-electron chi connectivity index (χ0n) is 10.4. The molecule has 0 radical (unpaired) electrons. The topological polar surface area (TPSA) is 68.9 Å². The highest BCUT2D eigenvalue weighted by Gasteiger charge is 2.47. The van der Waals surface area contributed by atoms with Crippen LogP contribution in [0.25, 0.3) is 0 Å². The van der Waals surface area contributed by atoms with Crippen molar-refractivity contribution in [2.24, 2.45) is 5.41 Å². The second-order valence-corrected chi connectivity index (χ2v) is 5.23. The van der Waals surface area contributed by atoms with Gasteiger partial charge in [-0.3, -0.25) is 0 Å². The highest BCUT2D eigenvalue weighted by atomic mass is 16.3. The Balaban J connectivity index is 2.20. The minimum absolute atomic E-state index is 0.166. The standard InChI is InChI=1S/C13H17N3O/c1-8-4-5-9(7-14)12(15-8)16-10-6-11(17)13(10,2)3/h4-5,10-11,17H,6H2,1-3H3,(H,15,16). The van der Waals surface area contributed by atoms with Gasteiger partial charge in [0.1, 0.15) is 11.9 Å². The lowest BCUT2D eigenvalue weighted by molar-refractivity contribution is -0.0511. The average molecular weight is 231 g/mol. The summed E-state index contributed by atoms with van der Waals surface area (Å²) in [5.74, 6) is 0.623. The second kappa shape index (κ2) is 4.01. The second-order valence-electron chi connectivity index (χ2n) is 5.23. The lowest BCUT2D eigenvalue weighted by Gasteiger charge is -2.49. The van der Waals surface area contributed by atoms with Crippen molar-refractivity contribution in [1.29, 1.82) is 5.26 Å². The Kier molecular flexibility index (Phi) is 2.80. The Hall–Kier alpha value is -1.60. The van der Waals surface area contributed by atoms with Crippen LogP contribution in [-0.2, 0) is 0 Å². The van der Waals surface area contributed by atoms with E-state index in [4.69, 9.17) is 5.26 Å². The molecular weight excluding hydrogens is 214 g/mol. The van der Waals surface area contributed by atoms with Gasteiger partial charge in [0, 0.05) is 17.2 Å². The molecule has 0 amide bonds. The molecule has 2 unspecified atom stereocenters. The van der Waals surface area contributed by atoms with Crippen LogP contribution in [0.1, 0.15) is 31.5 Å². The summed E-state index contributed by atoms with van der Waals surface area (Å²) in [5.41, 5.74) is 1.26. The SMILES string of the molecule is Cc1ccc(C#N)c(NC2CC(O)C2(C)C)n1. The van der Waals surface area contributed by atoms with Crippen molar-refractivity contribution in [2.45, 2.75) is 39.3 Å². The van der Waals surface area contributed by atoms with Crippen molar-refractivity contribution in [1.82, 2.24) is 4.98 Å². The fourth-order valence-electron chi connectivity index (χ4n) is 2.07. The number of hydrogen-bond donors (Lipinski definition) is 2. The van der Waals surface area contributed by atoms with Gasteiger partial charge < -0.3 is 10.4 Å². The van der Waals surface area contributed by atoms with E-state index in [0.717, 1.165) is 5.69 Å². The van der Waals surface area contributed by atoms with Crippen molar-refractivity contribution in [3.8, 4) is 6.07 Å². The van der Waals surface area contributed by atoms with E-state index in [1.807, 2.05) is 26.8 Å². The maximum Gasteiger partial charge on any atom is 0.144 e. The van der Waals surface area contributed by atoms with Gasteiger partial charge in [-0.15, -0.1) is 0 Å². The van der Waals surface area contributed by atoms with E-state index in [-0.39, 0.29) is 17.6 Å². The third kappa shape index (κ3) is 1.98. The summed E-state index contributed by atoms with van der Waals surface area (Å²) in [4.78, 5) is 4.34. The van der Waals surface area contributed by atoms with E-state index in [1.54, 1.807) is 6.07 Å². The third-order valence-electron chi connectivity index (χ3n) is 3.68. The summed E-state index contributed by atoms with van der Waals surface area (Å²) in [6.07, 6.45) is 0.420. The number of hydrogen-bond acceptors (Lipinski definition) is 4. The molecule has 0 spiro atoms. The normalized spacial score (nSPS) is 25.8. The maximum absolute atomic E-state index is 9.68. The summed E-state index contributed by atoms with van der Waals surface area (Å²) in [5, 5.41) is 22.0. The highest BCUT2D eigenvalue weighted by molar-refractivity contribution is 5.53. The Morgan fingerprint density at radius 3 is 2.76 bits per heavy atom. The van der Waals surface area contributed by atoms with E-state index in [0.29, 0.717) is 17.8 Å². The first kappa shape index (κ1) is 11.9. The highest BCUT2D eigenvalue weighted by Crippen LogP contribution is 2.42. The number of aliphatic hydroxyl groups excluding tert-OH is 1. The van der Waals surface area contributed by atoms with Gasteiger partial charge in [0.2, 0.25) is 0 Å². The number of nitrogens with zero attached hydrogens (tertiary/aromatic N) is 2. The molecule has 17 heavy (non-hydrogen) atoms. The molecule has 90 valence electrons. The first-order valence-electron chi connectivity index (χ1n) is 5.77. The monoisotopic (exact) mass is 231 g/mol. The van der Waals surface area contributed by atoms with Gasteiger partial charge in [0.15, 0.2) is 0 Å². The molecule has 1 aromatic rings. The minimum atomic E-state index is -0.282. The molecule has 4 nitrogen and oxygen atoms in total. The van der Waals surface area contributed by atoms with Gasteiger partial charge >= 0.3 is 0 Å². The van der Waals surface area contributed by atoms with Crippen LogP contribution in [0.15, 0.2) is 12.1 Å². The molecule has 2 rings (SSSR count). The predicted octanol–water partition coefficient (Wildman–Crippen LogP) is 1.83. The third-order valence-corrected chi connectivity index (χ3v) is 3.68. The summed E-state index contributed by atoms with van der Waals surface area (Å²) >= 11 is 0. The molecular formula is C13H17N3O. The Morgan fingerprint density at radius 1 is 1.53 bits per heavy atom. The molecule has 1 aromatic heterocycles. The van der Waals surface area contributed by atoms with Crippen LogP contribution >= 0.6 is 0 Å². The fourth-order valence-corrected chi connectivity index (χ4v) is 2.07. The molecule has 1 aliphatic carbocycles. The van der Waals surface area contributed by atoms with Gasteiger partial charge in [-0.2, -0.15) is 5.26 Å². The van der Waals surface area contributed by atoms with Crippen LogP contribution in [-0.4, -0.2) is 22.2 Å². The quantitative estimate of drug-likeness (QED) is 0.814. The van der Waals surface area contributed by atoms with Gasteiger partial charge in [0.05, 0.1) is 11.7 Å². The van der Waals surface area contributed by atoms with E-state index in [1.165, 1.54) is 0 Å². The first-order valence-corrected chi connectivity index (χ1v) is 5.77. The Labute approximate surface area is 101 Å². The van der Waals surface area contributed by atoms with Crippen LogP contribution in [0.2, 0.25) is 0 Å². The van der Waals surface area contributed by atoms with Crippen molar-refractivity contribution >= 4 is 5.82 Å². The molecule has 4 heteroatoms. The number of nitriles is 1. The molecule has 1 heterocycles. The summed E-state index contributed by atoms with van der Waals surface area (Å²) in [6, 6.07) is 5.89. The average Bonchev–Trinajstić information content (AvgIpc) is 2.29. The predicted molar refractivity (Wildman–Crippen MR) is 65.5 cm³/mol. The Bertz CT molecular complexity index is 476. The van der Waals surface area contributed by atoms with Crippen molar-refractivity contribution in [3.05, 3.63) is 23.4 Å². The van der Waals surface area contributed by atoms with Crippen LogP contribution in [0, 0.1) is 23.7 Å². The molecule has 0 aliphatic heterocycles. The molecule has 0 aromatic carbocycles.